The second kappa shape index (κ2) is 5.51. The van der Waals surface area contributed by atoms with E-state index in [9.17, 15) is 0 Å². The average Bonchev–Trinajstić information content (AvgIpc) is 2.89. The van der Waals surface area contributed by atoms with Gasteiger partial charge in [-0.15, -0.1) is 0 Å². The zero-order valence-electron chi connectivity index (χ0n) is 11.8. The van der Waals surface area contributed by atoms with Crippen LogP contribution in [0.1, 0.15) is 11.1 Å². The van der Waals surface area contributed by atoms with Crippen molar-refractivity contribution in [3.63, 3.8) is 0 Å². The quantitative estimate of drug-likeness (QED) is 0.694. The first-order valence-corrected chi connectivity index (χ1v) is 6.95. The topological polar surface area (TPSA) is 29.9 Å². The Balaban J connectivity index is 2.07. The van der Waals surface area contributed by atoms with E-state index in [0.717, 1.165) is 27.7 Å². The highest BCUT2D eigenvalue weighted by Crippen LogP contribution is 2.20. The summed E-state index contributed by atoms with van der Waals surface area (Å²) >= 11 is 6.19. The van der Waals surface area contributed by atoms with Gasteiger partial charge in [0.05, 0.1) is 22.3 Å². The molecule has 0 unspecified atom stereocenters. The molecule has 0 aliphatic carbocycles. The molecule has 0 saturated carbocycles. The fourth-order valence-corrected chi connectivity index (χ4v) is 2.36. The fraction of sp³-hybridized carbons (Fsp3) is 0.118. The first-order valence-electron chi connectivity index (χ1n) is 6.57. The van der Waals surface area contributed by atoms with Crippen LogP contribution in [-0.4, -0.2) is 16.6 Å². The van der Waals surface area contributed by atoms with E-state index >= 15 is 0 Å². The number of fused-ring (bicyclic) bond motifs is 1. The van der Waals surface area contributed by atoms with Gasteiger partial charge in [-0.25, -0.2) is 0 Å². The van der Waals surface area contributed by atoms with Crippen molar-refractivity contribution >= 4 is 28.2 Å². The third-order valence-corrected chi connectivity index (χ3v) is 3.73. The van der Waals surface area contributed by atoms with Gasteiger partial charge in [0.1, 0.15) is 0 Å². The molecule has 4 heteroatoms. The molecule has 0 atom stereocenters. The van der Waals surface area contributed by atoms with Gasteiger partial charge in [-0.1, -0.05) is 23.4 Å². The zero-order chi connectivity index (χ0) is 14.8. The largest absolute Gasteiger partial charge is 0.388 e. The van der Waals surface area contributed by atoms with Crippen LogP contribution in [0.15, 0.2) is 42.9 Å². The second-order valence-corrected chi connectivity index (χ2v) is 5.15. The maximum absolute atomic E-state index is 6.19. The molecule has 0 aliphatic rings. The molecule has 104 valence electrons. The van der Waals surface area contributed by atoms with Crippen LogP contribution < -0.4 is 5.32 Å². The summed E-state index contributed by atoms with van der Waals surface area (Å²) in [5.41, 5.74) is 3.76. The summed E-state index contributed by atoms with van der Waals surface area (Å²) in [6.07, 6.45) is 5.63. The Morgan fingerprint density at radius 1 is 1.14 bits per heavy atom. The van der Waals surface area contributed by atoms with E-state index in [1.54, 1.807) is 6.20 Å². The minimum Gasteiger partial charge on any atom is -0.388 e. The summed E-state index contributed by atoms with van der Waals surface area (Å²) in [5.74, 6) is 6.31. The average molecular weight is 296 g/mol. The summed E-state index contributed by atoms with van der Waals surface area (Å²) in [7, 11) is 3.86. The molecule has 2 aromatic heterocycles. The lowest BCUT2D eigenvalue weighted by Crippen LogP contribution is -1.89. The van der Waals surface area contributed by atoms with E-state index in [1.165, 1.54) is 0 Å². The minimum atomic E-state index is 0.648. The van der Waals surface area contributed by atoms with Crippen LogP contribution in [-0.2, 0) is 7.05 Å². The highest BCUT2D eigenvalue weighted by Gasteiger charge is 2.03. The molecule has 2 heterocycles. The van der Waals surface area contributed by atoms with E-state index in [-0.39, 0.29) is 0 Å². The standard InChI is InChI=1S/C17H14ClN3/c1-19-14-5-6-16(18)12(9-14)3-4-13-10-20-11-17-15(13)7-8-21(17)2/h5-11,19H,1-2H3. The van der Waals surface area contributed by atoms with Crippen LogP contribution in [0.5, 0.6) is 0 Å². The smallest absolute Gasteiger partial charge is 0.0676 e. The zero-order valence-corrected chi connectivity index (χ0v) is 12.6. The summed E-state index contributed by atoms with van der Waals surface area (Å²) in [6, 6.07) is 7.76. The number of aromatic nitrogens is 2. The number of hydrogen-bond acceptors (Lipinski definition) is 2. The van der Waals surface area contributed by atoms with E-state index in [4.69, 9.17) is 11.6 Å². The van der Waals surface area contributed by atoms with E-state index in [0.29, 0.717) is 5.02 Å². The van der Waals surface area contributed by atoms with Crippen molar-refractivity contribution < 1.29 is 0 Å². The number of benzene rings is 1. The van der Waals surface area contributed by atoms with Gasteiger partial charge in [0.2, 0.25) is 0 Å². The number of hydrogen-bond donors (Lipinski definition) is 1. The number of nitrogens with one attached hydrogen (secondary N) is 1. The lowest BCUT2D eigenvalue weighted by Gasteiger charge is -2.02. The van der Waals surface area contributed by atoms with Crippen molar-refractivity contribution in [2.75, 3.05) is 12.4 Å². The van der Waals surface area contributed by atoms with E-state index in [2.05, 4.69) is 22.1 Å². The number of rotatable bonds is 1. The maximum atomic E-state index is 6.19. The lowest BCUT2D eigenvalue weighted by atomic mass is 10.1. The van der Waals surface area contributed by atoms with Crippen LogP contribution in [0.3, 0.4) is 0 Å². The van der Waals surface area contributed by atoms with Gasteiger partial charge in [0, 0.05) is 43.1 Å². The van der Waals surface area contributed by atoms with Crippen LogP contribution in [0.25, 0.3) is 10.9 Å². The normalized spacial score (nSPS) is 10.2. The summed E-state index contributed by atoms with van der Waals surface area (Å²) in [4.78, 5) is 4.25. The van der Waals surface area contributed by atoms with Crippen molar-refractivity contribution in [1.29, 1.82) is 0 Å². The van der Waals surface area contributed by atoms with Gasteiger partial charge in [-0.3, -0.25) is 4.98 Å². The van der Waals surface area contributed by atoms with E-state index in [1.807, 2.05) is 55.3 Å². The molecule has 0 bridgehead atoms. The Bertz CT molecular complexity index is 869. The molecular formula is C17H14ClN3. The molecule has 0 aliphatic heterocycles. The number of pyridine rings is 1. The first-order chi connectivity index (χ1) is 10.2. The molecule has 3 rings (SSSR count). The van der Waals surface area contributed by atoms with Crippen LogP contribution in [0, 0.1) is 11.8 Å². The summed E-state index contributed by atoms with van der Waals surface area (Å²) in [5, 5.41) is 4.83. The van der Waals surface area contributed by atoms with Crippen LogP contribution in [0.4, 0.5) is 5.69 Å². The van der Waals surface area contributed by atoms with Crippen molar-refractivity contribution in [1.82, 2.24) is 9.55 Å². The Hall–Kier alpha value is -2.44. The molecule has 3 nitrogen and oxygen atoms in total. The predicted octanol–water partition coefficient (Wildman–Crippen LogP) is 3.67. The number of halogens is 1. The third kappa shape index (κ3) is 2.58. The molecule has 1 aromatic carbocycles. The molecule has 0 amide bonds. The highest BCUT2D eigenvalue weighted by molar-refractivity contribution is 6.31. The van der Waals surface area contributed by atoms with Gasteiger partial charge in [-0.2, -0.15) is 0 Å². The summed E-state index contributed by atoms with van der Waals surface area (Å²) < 4.78 is 2.03. The minimum absolute atomic E-state index is 0.648. The van der Waals surface area contributed by atoms with Gasteiger partial charge in [0.15, 0.2) is 0 Å². The Morgan fingerprint density at radius 2 is 1.95 bits per heavy atom. The molecule has 0 saturated heterocycles. The molecular weight excluding hydrogens is 282 g/mol. The Morgan fingerprint density at radius 3 is 2.76 bits per heavy atom. The van der Waals surface area contributed by atoms with Crippen molar-refractivity contribution in [2.45, 2.75) is 0 Å². The van der Waals surface area contributed by atoms with Crippen molar-refractivity contribution in [2.24, 2.45) is 7.05 Å². The number of aryl methyl sites for hydroxylation is 1. The van der Waals surface area contributed by atoms with Gasteiger partial charge >= 0.3 is 0 Å². The maximum Gasteiger partial charge on any atom is 0.0676 e. The Labute approximate surface area is 128 Å². The molecule has 21 heavy (non-hydrogen) atoms. The fourth-order valence-electron chi connectivity index (χ4n) is 2.19. The number of anilines is 1. The van der Waals surface area contributed by atoms with Gasteiger partial charge in [-0.05, 0) is 24.3 Å². The van der Waals surface area contributed by atoms with Crippen molar-refractivity contribution in [3.05, 3.63) is 59.0 Å². The molecule has 0 spiro atoms. The Kier molecular flexibility index (Phi) is 3.55. The lowest BCUT2D eigenvalue weighted by molar-refractivity contribution is 0.965. The highest BCUT2D eigenvalue weighted by atomic mass is 35.5. The number of nitrogens with zero attached hydrogens (tertiary/aromatic N) is 2. The third-order valence-electron chi connectivity index (χ3n) is 3.40. The van der Waals surface area contributed by atoms with Crippen LogP contribution in [0.2, 0.25) is 5.02 Å². The predicted molar refractivity (Wildman–Crippen MR) is 87.7 cm³/mol. The monoisotopic (exact) mass is 295 g/mol. The van der Waals surface area contributed by atoms with Crippen LogP contribution >= 0.6 is 11.6 Å². The SMILES string of the molecule is CNc1ccc(Cl)c(C#Cc2cncc3c2ccn3C)c1. The summed E-state index contributed by atoms with van der Waals surface area (Å²) in [6.45, 7) is 0. The molecule has 0 fully saturated rings. The first kappa shape index (κ1) is 13.5. The van der Waals surface area contributed by atoms with Gasteiger partial charge in [0.25, 0.3) is 0 Å². The second-order valence-electron chi connectivity index (χ2n) is 4.74. The van der Waals surface area contributed by atoms with Gasteiger partial charge < -0.3 is 9.88 Å². The van der Waals surface area contributed by atoms with E-state index < -0.39 is 0 Å². The molecule has 3 aromatic rings. The molecule has 1 N–H and O–H groups in total. The molecule has 0 radical (unpaired) electrons. The van der Waals surface area contributed by atoms with Crippen molar-refractivity contribution in [3.8, 4) is 11.8 Å².